The Balaban J connectivity index is 2.56. The summed E-state index contributed by atoms with van der Waals surface area (Å²) in [5, 5.41) is 6.60. The van der Waals surface area contributed by atoms with Gasteiger partial charge < -0.3 is 5.32 Å². The van der Waals surface area contributed by atoms with Crippen LogP contribution in [0.25, 0.3) is 0 Å². The zero-order valence-electron chi connectivity index (χ0n) is 9.93. The monoisotopic (exact) mass is 271 g/mol. The minimum atomic E-state index is -0.911. The molecule has 5 heteroatoms. The molecule has 1 atom stereocenters. The third-order valence-electron chi connectivity index (χ3n) is 2.83. The van der Waals surface area contributed by atoms with Gasteiger partial charge in [0.05, 0.1) is 6.04 Å². The maximum absolute atomic E-state index is 13.8. The molecule has 0 spiro atoms. The third-order valence-corrected chi connectivity index (χ3v) is 3.71. The molecule has 1 N–H and O–H groups in total. The standard InChI is InChI=1S/C13H12F3NS/c1-7-5-18-6-9(7)13(17-2)12-10(15)3-8(14)4-11(12)16/h3-6,13,17H,1-2H3. The molecular formula is C13H12F3NS. The summed E-state index contributed by atoms with van der Waals surface area (Å²) in [5.74, 6) is -2.67. The zero-order valence-corrected chi connectivity index (χ0v) is 10.7. The van der Waals surface area contributed by atoms with Gasteiger partial charge in [-0.15, -0.1) is 0 Å². The highest BCUT2D eigenvalue weighted by Gasteiger charge is 2.23. The van der Waals surface area contributed by atoms with E-state index in [9.17, 15) is 13.2 Å². The minimum Gasteiger partial charge on any atom is -0.309 e. The molecule has 0 radical (unpaired) electrons. The van der Waals surface area contributed by atoms with Crippen LogP contribution in [0.15, 0.2) is 22.9 Å². The Kier molecular flexibility index (Phi) is 3.73. The van der Waals surface area contributed by atoms with Gasteiger partial charge in [-0.05, 0) is 35.9 Å². The lowest BCUT2D eigenvalue weighted by Gasteiger charge is -2.18. The first-order valence-electron chi connectivity index (χ1n) is 5.39. The molecule has 0 aliphatic carbocycles. The molecule has 0 saturated heterocycles. The van der Waals surface area contributed by atoms with Crippen molar-refractivity contribution in [2.75, 3.05) is 7.05 Å². The van der Waals surface area contributed by atoms with E-state index in [2.05, 4.69) is 5.32 Å². The molecule has 2 rings (SSSR count). The molecule has 1 aromatic heterocycles. The largest absolute Gasteiger partial charge is 0.309 e. The van der Waals surface area contributed by atoms with Crippen molar-refractivity contribution in [3.8, 4) is 0 Å². The Hall–Kier alpha value is -1.33. The van der Waals surface area contributed by atoms with E-state index in [0.29, 0.717) is 12.1 Å². The summed E-state index contributed by atoms with van der Waals surface area (Å²) in [6.07, 6.45) is 0. The van der Waals surface area contributed by atoms with E-state index in [1.54, 1.807) is 7.05 Å². The quantitative estimate of drug-likeness (QED) is 0.895. The molecule has 2 aromatic rings. The molecule has 0 aliphatic heterocycles. The van der Waals surface area contributed by atoms with Crippen LogP contribution < -0.4 is 5.32 Å². The van der Waals surface area contributed by atoms with Gasteiger partial charge in [0.2, 0.25) is 0 Å². The highest BCUT2D eigenvalue weighted by atomic mass is 32.1. The van der Waals surface area contributed by atoms with Crippen LogP contribution in [0.5, 0.6) is 0 Å². The zero-order chi connectivity index (χ0) is 13.3. The predicted octanol–water partition coefficient (Wildman–Crippen LogP) is 3.78. The van der Waals surface area contributed by atoms with E-state index in [1.807, 2.05) is 17.7 Å². The molecule has 0 bridgehead atoms. The SMILES string of the molecule is CNC(c1cscc1C)c1c(F)cc(F)cc1F. The van der Waals surface area contributed by atoms with Crippen LogP contribution in [-0.4, -0.2) is 7.05 Å². The second-order valence-corrected chi connectivity index (χ2v) is 4.76. The first-order chi connectivity index (χ1) is 8.54. The molecule has 96 valence electrons. The normalized spacial score (nSPS) is 12.7. The van der Waals surface area contributed by atoms with Gasteiger partial charge in [0.1, 0.15) is 17.5 Å². The van der Waals surface area contributed by atoms with E-state index in [1.165, 1.54) is 11.3 Å². The Morgan fingerprint density at radius 2 is 1.72 bits per heavy atom. The summed E-state index contributed by atoms with van der Waals surface area (Å²) in [4.78, 5) is 0. The number of nitrogens with one attached hydrogen (secondary N) is 1. The first-order valence-corrected chi connectivity index (χ1v) is 6.33. The molecule has 1 unspecified atom stereocenters. The number of benzene rings is 1. The van der Waals surface area contributed by atoms with E-state index in [-0.39, 0.29) is 5.56 Å². The summed E-state index contributed by atoms with van der Waals surface area (Å²) in [5.41, 5.74) is 1.59. The third kappa shape index (κ3) is 2.28. The van der Waals surface area contributed by atoms with Crippen molar-refractivity contribution in [3.63, 3.8) is 0 Å². The summed E-state index contributed by atoms with van der Waals surface area (Å²) in [6.45, 7) is 1.87. The van der Waals surface area contributed by atoms with Crippen molar-refractivity contribution >= 4 is 11.3 Å². The Morgan fingerprint density at radius 3 is 2.17 bits per heavy atom. The van der Waals surface area contributed by atoms with E-state index >= 15 is 0 Å². The lowest BCUT2D eigenvalue weighted by atomic mass is 9.97. The number of thiophene rings is 1. The lowest BCUT2D eigenvalue weighted by Crippen LogP contribution is -2.21. The maximum atomic E-state index is 13.8. The smallest absolute Gasteiger partial charge is 0.134 e. The molecule has 0 fully saturated rings. The lowest BCUT2D eigenvalue weighted by molar-refractivity contribution is 0.500. The van der Waals surface area contributed by atoms with Crippen LogP contribution in [0, 0.1) is 24.4 Å². The number of aryl methyl sites for hydroxylation is 1. The number of halogens is 3. The fourth-order valence-electron chi connectivity index (χ4n) is 1.95. The van der Waals surface area contributed by atoms with Gasteiger partial charge in [-0.2, -0.15) is 11.3 Å². The van der Waals surface area contributed by atoms with Crippen LogP contribution in [-0.2, 0) is 0 Å². The van der Waals surface area contributed by atoms with Crippen molar-refractivity contribution in [2.24, 2.45) is 0 Å². The fraction of sp³-hybridized carbons (Fsp3) is 0.231. The van der Waals surface area contributed by atoms with Crippen LogP contribution in [0.2, 0.25) is 0 Å². The van der Waals surface area contributed by atoms with Crippen LogP contribution >= 0.6 is 11.3 Å². The van der Waals surface area contributed by atoms with E-state index < -0.39 is 23.5 Å². The Labute approximate surface area is 107 Å². The molecule has 1 heterocycles. The minimum absolute atomic E-state index is 0.152. The van der Waals surface area contributed by atoms with Crippen molar-refractivity contribution in [3.05, 3.63) is 57.0 Å². The van der Waals surface area contributed by atoms with Gasteiger partial charge in [-0.1, -0.05) is 0 Å². The van der Waals surface area contributed by atoms with Gasteiger partial charge >= 0.3 is 0 Å². The maximum Gasteiger partial charge on any atom is 0.134 e. The molecule has 1 nitrogen and oxygen atoms in total. The van der Waals surface area contributed by atoms with Gasteiger partial charge in [0.25, 0.3) is 0 Å². The first kappa shape index (κ1) is 13.1. The average molecular weight is 271 g/mol. The van der Waals surface area contributed by atoms with Crippen LogP contribution in [0.4, 0.5) is 13.2 Å². The molecule has 0 aliphatic rings. The fourth-order valence-corrected chi connectivity index (χ4v) is 2.83. The van der Waals surface area contributed by atoms with Gasteiger partial charge in [0, 0.05) is 17.7 Å². The Morgan fingerprint density at radius 1 is 1.11 bits per heavy atom. The Bertz CT molecular complexity index is 542. The molecule has 0 saturated carbocycles. The summed E-state index contributed by atoms with van der Waals surface area (Å²) in [7, 11) is 1.62. The number of hydrogen-bond acceptors (Lipinski definition) is 2. The van der Waals surface area contributed by atoms with Gasteiger partial charge in [0.15, 0.2) is 0 Å². The molecule has 0 amide bonds. The topological polar surface area (TPSA) is 12.0 Å². The molecular weight excluding hydrogens is 259 g/mol. The van der Waals surface area contributed by atoms with Crippen molar-refractivity contribution in [2.45, 2.75) is 13.0 Å². The van der Waals surface area contributed by atoms with Gasteiger partial charge in [-0.3, -0.25) is 0 Å². The van der Waals surface area contributed by atoms with Crippen molar-refractivity contribution in [1.82, 2.24) is 5.32 Å². The van der Waals surface area contributed by atoms with E-state index in [4.69, 9.17) is 0 Å². The van der Waals surface area contributed by atoms with Crippen molar-refractivity contribution in [1.29, 1.82) is 0 Å². The molecule has 1 aromatic carbocycles. The summed E-state index contributed by atoms with van der Waals surface area (Å²) < 4.78 is 40.4. The highest BCUT2D eigenvalue weighted by Crippen LogP contribution is 2.31. The van der Waals surface area contributed by atoms with Crippen LogP contribution in [0.1, 0.15) is 22.7 Å². The van der Waals surface area contributed by atoms with Crippen molar-refractivity contribution < 1.29 is 13.2 Å². The molecule has 18 heavy (non-hydrogen) atoms. The second kappa shape index (κ2) is 5.12. The number of hydrogen-bond donors (Lipinski definition) is 1. The average Bonchev–Trinajstić information content (AvgIpc) is 2.69. The van der Waals surface area contributed by atoms with E-state index in [0.717, 1.165) is 11.1 Å². The highest BCUT2D eigenvalue weighted by molar-refractivity contribution is 7.08. The van der Waals surface area contributed by atoms with Gasteiger partial charge in [-0.25, -0.2) is 13.2 Å². The number of rotatable bonds is 3. The van der Waals surface area contributed by atoms with Crippen LogP contribution in [0.3, 0.4) is 0 Å². The second-order valence-electron chi connectivity index (χ2n) is 4.01. The summed E-state index contributed by atoms with van der Waals surface area (Å²) >= 11 is 1.46. The summed E-state index contributed by atoms with van der Waals surface area (Å²) in [6, 6.07) is 0.784. The predicted molar refractivity (Wildman–Crippen MR) is 66.3 cm³/mol.